The lowest BCUT2D eigenvalue weighted by Crippen LogP contribution is -2.33. The van der Waals surface area contributed by atoms with Gasteiger partial charge in [0, 0.05) is 7.05 Å². The lowest BCUT2D eigenvalue weighted by atomic mass is 10.1. The van der Waals surface area contributed by atoms with Gasteiger partial charge in [0.1, 0.15) is 0 Å². The Morgan fingerprint density at radius 3 is 2.29 bits per heavy atom. The van der Waals surface area contributed by atoms with Crippen LogP contribution in [0.5, 0.6) is 0 Å². The summed E-state index contributed by atoms with van der Waals surface area (Å²) in [6.45, 7) is 6.30. The molecule has 1 aromatic carbocycles. The molecule has 0 amide bonds. The van der Waals surface area contributed by atoms with Crippen molar-refractivity contribution in [1.29, 1.82) is 0 Å². The van der Waals surface area contributed by atoms with Crippen LogP contribution in [0, 0.1) is 0 Å². The summed E-state index contributed by atoms with van der Waals surface area (Å²) in [7, 11) is 1.94. The lowest BCUT2D eigenvalue weighted by Gasteiger charge is -2.30. The first-order chi connectivity index (χ1) is 6.55. The average Bonchev–Trinajstić information content (AvgIpc) is 2.19. The maximum atomic E-state index is 5.81. The Kier molecular flexibility index (Phi) is 3.53. The highest BCUT2D eigenvalue weighted by Crippen LogP contribution is 2.19. The van der Waals surface area contributed by atoms with E-state index in [4.69, 9.17) is 4.84 Å². The minimum Gasteiger partial charge on any atom is -0.268 e. The van der Waals surface area contributed by atoms with Crippen molar-refractivity contribution >= 4 is 5.69 Å². The fraction of sp³-hybridized carbons (Fsp3) is 0.500. The van der Waals surface area contributed by atoms with Crippen LogP contribution in [0.4, 0.5) is 5.69 Å². The molecule has 0 bridgehead atoms. The van der Waals surface area contributed by atoms with E-state index >= 15 is 0 Å². The van der Waals surface area contributed by atoms with Crippen molar-refractivity contribution in [2.75, 3.05) is 12.1 Å². The molecule has 78 valence electrons. The summed E-state index contributed by atoms with van der Waals surface area (Å²) in [4.78, 5) is 5.81. The standard InChI is InChI=1S/C12H19NO/c1-5-12(2,3)14-13(4)11-9-7-6-8-10-11/h6-10H,5H2,1-4H3. The predicted molar refractivity (Wildman–Crippen MR) is 60.3 cm³/mol. The Bertz CT molecular complexity index is 269. The van der Waals surface area contributed by atoms with Crippen molar-refractivity contribution in [1.82, 2.24) is 0 Å². The zero-order valence-electron chi connectivity index (χ0n) is 9.45. The second-order valence-corrected chi connectivity index (χ2v) is 4.04. The molecule has 0 aliphatic rings. The molecule has 2 nitrogen and oxygen atoms in total. The van der Waals surface area contributed by atoms with Gasteiger partial charge in [0.25, 0.3) is 0 Å². The van der Waals surface area contributed by atoms with Gasteiger partial charge in [-0.3, -0.25) is 9.90 Å². The number of nitrogens with zero attached hydrogens (tertiary/aromatic N) is 1. The van der Waals surface area contributed by atoms with E-state index in [-0.39, 0.29) is 5.60 Å². The minimum absolute atomic E-state index is 0.107. The molecule has 0 aliphatic heterocycles. The zero-order valence-corrected chi connectivity index (χ0v) is 9.45. The molecule has 14 heavy (non-hydrogen) atoms. The summed E-state index contributed by atoms with van der Waals surface area (Å²) in [5, 5.41) is 1.82. The van der Waals surface area contributed by atoms with E-state index in [2.05, 4.69) is 20.8 Å². The molecule has 0 unspecified atom stereocenters. The van der Waals surface area contributed by atoms with Gasteiger partial charge in [-0.25, -0.2) is 0 Å². The third-order valence-corrected chi connectivity index (χ3v) is 2.36. The number of benzene rings is 1. The molecule has 1 rings (SSSR count). The Hall–Kier alpha value is -1.02. The van der Waals surface area contributed by atoms with Crippen LogP contribution < -0.4 is 5.06 Å². The van der Waals surface area contributed by atoms with Gasteiger partial charge in [-0.2, -0.15) is 0 Å². The van der Waals surface area contributed by atoms with E-state index in [9.17, 15) is 0 Å². The van der Waals surface area contributed by atoms with Crippen LogP contribution >= 0.6 is 0 Å². The highest BCUT2D eigenvalue weighted by molar-refractivity contribution is 5.42. The van der Waals surface area contributed by atoms with Crippen molar-refractivity contribution in [3.05, 3.63) is 30.3 Å². The predicted octanol–water partition coefficient (Wildman–Crippen LogP) is 3.24. The van der Waals surface area contributed by atoms with Crippen LogP contribution in [0.3, 0.4) is 0 Å². The van der Waals surface area contributed by atoms with Gasteiger partial charge < -0.3 is 0 Å². The van der Waals surface area contributed by atoms with Gasteiger partial charge in [0.2, 0.25) is 0 Å². The van der Waals surface area contributed by atoms with E-state index in [0.29, 0.717) is 0 Å². The first kappa shape index (κ1) is 11.1. The van der Waals surface area contributed by atoms with Crippen LogP contribution in [-0.2, 0) is 4.84 Å². The number of rotatable bonds is 4. The smallest absolute Gasteiger partial charge is 0.0904 e. The molecule has 0 spiro atoms. The third kappa shape index (κ3) is 3.04. The number of para-hydroxylation sites is 1. The summed E-state index contributed by atoms with van der Waals surface area (Å²) in [6, 6.07) is 10.1. The fourth-order valence-electron chi connectivity index (χ4n) is 1.13. The Morgan fingerprint density at radius 2 is 1.79 bits per heavy atom. The summed E-state index contributed by atoms with van der Waals surface area (Å²) >= 11 is 0. The van der Waals surface area contributed by atoms with Crippen molar-refractivity contribution in [2.45, 2.75) is 32.8 Å². The largest absolute Gasteiger partial charge is 0.268 e. The van der Waals surface area contributed by atoms with Gasteiger partial charge in [-0.05, 0) is 32.4 Å². The first-order valence-corrected chi connectivity index (χ1v) is 5.03. The maximum Gasteiger partial charge on any atom is 0.0904 e. The van der Waals surface area contributed by atoms with Crippen LogP contribution in [0.25, 0.3) is 0 Å². The van der Waals surface area contributed by atoms with Crippen LogP contribution in [0.1, 0.15) is 27.2 Å². The maximum absolute atomic E-state index is 5.81. The molecular formula is C12H19NO. The summed E-state index contributed by atoms with van der Waals surface area (Å²) in [5.74, 6) is 0. The van der Waals surface area contributed by atoms with Gasteiger partial charge in [0.15, 0.2) is 0 Å². The lowest BCUT2D eigenvalue weighted by molar-refractivity contribution is -0.0292. The van der Waals surface area contributed by atoms with Gasteiger partial charge >= 0.3 is 0 Å². The van der Waals surface area contributed by atoms with Gasteiger partial charge in [-0.1, -0.05) is 25.1 Å². The monoisotopic (exact) mass is 193 g/mol. The Morgan fingerprint density at radius 1 is 1.21 bits per heavy atom. The fourth-order valence-corrected chi connectivity index (χ4v) is 1.13. The van der Waals surface area contributed by atoms with Gasteiger partial charge in [0.05, 0.1) is 11.3 Å². The topological polar surface area (TPSA) is 12.5 Å². The Balaban J connectivity index is 2.64. The molecule has 1 aromatic rings. The number of hydroxylamine groups is 1. The quantitative estimate of drug-likeness (QED) is 0.681. The van der Waals surface area contributed by atoms with Crippen LogP contribution in [0.2, 0.25) is 0 Å². The summed E-state index contributed by atoms with van der Waals surface area (Å²) < 4.78 is 0. The molecule has 0 saturated carbocycles. The van der Waals surface area contributed by atoms with Gasteiger partial charge in [-0.15, -0.1) is 0 Å². The Labute approximate surface area is 86.4 Å². The van der Waals surface area contributed by atoms with Crippen molar-refractivity contribution in [3.8, 4) is 0 Å². The summed E-state index contributed by atoms with van der Waals surface area (Å²) in [5.41, 5.74) is 0.971. The second-order valence-electron chi connectivity index (χ2n) is 4.04. The summed E-state index contributed by atoms with van der Waals surface area (Å²) in [6.07, 6.45) is 0.990. The third-order valence-electron chi connectivity index (χ3n) is 2.36. The van der Waals surface area contributed by atoms with E-state index < -0.39 is 0 Å². The normalized spacial score (nSPS) is 11.4. The number of hydrogen-bond acceptors (Lipinski definition) is 2. The SMILES string of the molecule is CCC(C)(C)ON(C)c1ccccc1. The number of anilines is 1. The van der Waals surface area contributed by atoms with E-state index in [1.54, 1.807) is 0 Å². The molecule has 0 N–H and O–H groups in total. The second kappa shape index (κ2) is 4.47. The molecule has 0 saturated heterocycles. The number of hydrogen-bond donors (Lipinski definition) is 0. The first-order valence-electron chi connectivity index (χ1n) is 5.03. The highest BCUT2D eigenvalue weighted by atomic mass is 16.7. The molecule has 0 heterocycles. The molecular weight excluding hydrogens is 174 g/mol. The van der Waals surface area contributed by atoms with E-state index in [1.807, 2.05) is 42.4 Å². The molecule has 0 aromatic heterocycles. The molecule has 0 fully saturated rings. The van der Waals surface area contributed by atoms with Crippen molar-refractivity contribution in [3.63, 3.8) is 0 Å². The molecule has 0 atom stereocenters. The van der Waals surface area contributed by atoms with Crippen LogP contribution in [0.15, 0.2) is 30.3 Å². The van der Waals surface area contributed by atoms with Crippen molar-refractivity contribution in [2.24, 2.45) is 0 Å². The molecule has 0 aliphatic carbocycles. The van der Waals surface area contributed by atoms with E-state index in [0.717, 1.165) is 12.1 Å². The average molecular weight is 193 g/mol. The van der Waals surface area contributed by atoms with E-state index in [1.165, 1.54) is 0 Å². The zero-order chi connectivity index (χ0) is 10.6. The van der Waals surface area contributed by atoms with Crippen molar-refractivity contribution < 1.29 is 4.84 Å². The molecule has 2 heteroatoms. The minimum atomic E-state index is -0.107. The molecule has 0 radical (unpaired) electrons. The van der Waals surface area contributed by atoms with Crippen LogP contribution in [-0.4, -0.2) is 12.6 Å². The highest BCUT2D eigenvalue weighted by Gasteiger charge is 2.18.